The second-order valence-corrected chi connectivity index (χ2v) is 10.3. The summed E-state index contributed by atoms with van der Waals surface area (Å²) in [4.78, 5) is 16.3. The zero-order valence-electron chi connectivity index (χ0n) is 17.0. The van der Waals surface area contributed by atoms with Crippen molar-refractivity contribution in [1.29, 1.82) is 0 Å². The fourth-order valence-corrected chi connectivity index (χ4v) is 4.99. The van der Waals surface area contributed by atoms with Gasteiger partial charge in [0.1, 0.15) is 5.03 Å². The third-order valence-electron chi connectivity index (χ3n) is 5.15. The maximum atomic E-state index is 12.9. The van der Waals surface area contributed by atoms with Crippen molar-refractivity contribution < 1.29 is 40.5 Å². The third-order valence-corrected chi connectivity index (χ3v) is 7.17. The molecule has 2 aromatic rings. The van der Waals surface area contributed by atoms with E-state index in [4.69, 9.17) is 0 Å². The second kappa shape index (κ2) is 8.64. The summed E-state index contributed by atoms with van der Waals surface area (Å²) >= 11 is 0. The molecule has 1 aromatic carbocycles. The Bertz CT molecular complexity index is 1090. The number of nitrogens with zero attached hydrogens (tertiary/aromatic N) is 1. The summed E-state index contributed by atoms with van der Waals surface area (Å²) in [5.41, 5.74) is -6.07. The third kappa shape index (κ3) is 5.49. The topological polar surface area (TPSA) is 79.3 Å². The highest BCUT2D eigenvalue weighted by atomic mass is 32.2. The highest BCUT2D eigenvalue weighted by molar-refractivity contribution is 8.00. The van der Waals surface area contributed by atoms with Gasteiger partial charge in [0, 0.05) is 32.7 Å². The van der Waals surface area contributed by atoms with Crippen LogP contribution in [0.2, 0.25) is 0 Å². The predicted molar refractivity (Wildman–Crippen MR) is 110 cm³/mol. The molecule has 0 saturated heterocycles. The van der Waals surface area contributed by atoms with Crippen LogP contribution < -0.4 is 5.32 Å². The molecule has 0 bridgehead atoms. The van der Waals surface area contributed by atoms with Crippen molar-refractivity contribution in [2.24, 2.45) is 5.92 Å². The van der Waals surface area contributed by atoms with Gasteiger partial charge in [-0.2, -0.15) is 26.3 Å². The number of hydrogen-bond donors (Lipinski definition) is 2. The van der Waals surface area contributed by atoms with Crippen molar-refractivity contribution in [1.82, 2.24) is 4.98 Å². The SMILES string of the molecule is C=S(=O)(CC1CC1)c1ccc(CC(=O)Nc2ccc(C(O)(C(F)(F)F)C(F)(F)F)cc2)cn1. The van der Waals surface area contributed by atoms with Crippen LogP contribution in [0.3, 0.4) is 0 Å². The molecule has 0 aliphatic heterocycles. The molecule has 3 rings (SSSR count). The standard InChI is InChI=1S/C21H20F6N2O3S/c1-33(32,12-13-2-3-13)18-9-4-14(11-28-18)10-17(30)29-16-7-5-15(6-8-16)19(31,20(22,23)24)21(25,26)27/h4-9,11,13,31H,1-3,10,12H2,(H,29,30). The predicted octanol–water partition coefficient (Wildman–Crippen LogP) is 4.06. The van der Waals surface area contributed by atoms with Gasteiger partial charge in [-0.05, 0) is 48.4 Å². The first kappa shape index (κ1) is 25.0. The van der Waals surface area contributed by atoms with Gasteiger partial charge in [0.15, 0.2) is 0 Å². The smallest absolute Gasteiger partial charge is 0.369 e. The van der Waals surface area contributed by atoms with Crippen molar-refractivity contribution in [3.05, 3.63) is 53.7 Å². The first-order chi connectivity index (χ1) is 15.1. The summed E-state index contributed by atoms with van der Waals surface area (Å²) in [7, 11) is -2.52. The molecule has 1 unspecified atom stereocenters. The molecule has 1 saturated carbocycles. The van der Waals surface area contributed by atoms with E-state index in [9.17, 15) is 40.5 Å². The average Bonchev–Trinajstić information content (AvgIpc) is 3.50. The molecular formula is C21H20F6N2O3S. The summed E-state index contributed by atoms with van der Waals surface area (Å²) in [6.07, 6.45) is -8.79. The van der Waals surface area contributed by atoms with Crippen LogP contribution in [0.25, 0.3) is 0 Å². The first-order valence-electron chi connectivity index (χ1n) is 9.69. The molecule has 1 aliphatic rings. The Morgan fingerprint density at radius 1 is 1.06 bits per heavy atom. The minimum atomic E-state index is -5.99. The lowest BCUT2D eigenvalue weighted by Gasteiger charge is -2.32. The molecule has 1 amide bonds. The van der Waals surface area contributed by atoms with Crippen molar-refractivity contribution in [3.63, 3.8) is 0 Å². The van der Waals surface area contributed by atoms with E-state index in [1.54, 1.807) is 6.07 Å². The molecule has 180 valence electrons. The molecule has 2 N–H and O–H groups in total. The number of aliphatic hydroxyl groups is 1. The van der Waals surface area contributed by atoms with Crippen LogP contribution in [0, 0.1) is 5.92 Å². The van der Waals surface area contributed by atoms with Gasteiger partial charge >= 0.3 is 12.4 Å². The van der Waals surface area contributed by atoms with E-state index in [0.29, 0.717) is 34.4 Å². The minimum Gasteiger partial charge on any atom is -0.369 e. The van der Waals surface area contributed by atoms with E-state index < -0.39 is 38.9 Å². The lowest BCUT2D eigenvalue weighted by atomic mass is 9.92. The summed E-state index contributed by atoms with van der Waals surface area (Å²) < 4.78 is 90.3. The number of carbonyl (C=O) groups excluding carboxylic acids is 1. The monoisotopic (exact) mass is 494 g/mol. The van der Waals surface area contributed by atoms with Crippen molar-refractivity contribution >= 4 is 27.0 Å². The number of pyridine rings is 1. The fraction of sp³-hybridized carbons (Fsp3) is 0.381. The average molecular weight is 494 g/mol. The molecule has 1 fully saturated rings. The molecule has 33 heavy (non-hydrogen) atoms. The van der Waals surface area contributed by atoms with Crippen molar-refractivity contribution in [3.8, 4) is 0 Å². The fourth-order valence-electron chi connectivity index (χ4n) is 3.16. The quantitative estimate of drug-likeness (QED) is 0.450. The number of halogens is 6. The highest BCUT2D eigenvalue weighted by Crippen LogP contribution is 2.50. The minimum absolute atomic E-state index is 0.0646. The van der Waals surface area contributed by atoms with Gasteiger partial charge in [-0.1, -0.05) is 18.2 Å². The molecule has 12 heteroatoms. The molecule has 1 heterocycles. The lowest BCUT2D eigenvalue weighted by Crippen LogP contribution is -2.53. The molecule has 1 atom stereocenters. The van der Waals surface area contributed by atoms with E-state index in [2.05, 4.69) is 16.2 Å². The molecule has 1 aliphatic carbocycles. The van der Waals surface area contributed by atoms with E-state index in [0.717, 1.165) is 25.0 Å². The Morgan fingerprint density at radius 2 is 1.64 bits per heavy atom. The zero-order chi connectivity index (χ0) is 24.7. The molecular weight excluding hydrogens is 474 g/mol. The number of rotatable bonds is 7. The normalized spacial score (nSPS) is 16.8. The molecule has 0 radical (unpaired) electrons. The van der Waals surface area contributed by atoms with Crippen LogP contribution in [0.5, 0.6) is 0 Å². The van der Waals surface area contributed by atoms with Crippen LogP contribution in [-0.4, -0.2) is 44.2 Å². The first-order valence-corrected chi connectivity index (χ1v) is 11.6. The highest BCUT2D eigenvalue weighted by Gasteiger charge is 2.71. The summed E-state index contributed by atoms with van der Waals surface area (Å²) in [6.45, 7) is 0. The van der Waals surface area contributed by atoms with Crippen LogP contribution in [0.1, 0.15) is 24.0 Å². The Hall–Kier alpha value is -2.60. The largest absolute Gasteiger partial charge is 0.430 e. The van der Waals surface area contributed by atoms with E-state index >= 15 is 0 Å². The van der Waals surface area contributed by atoms with Gasteiger partial charge in [0.05, 0.1) is 6.42 Å². The Morgan fingerprint density at radius 3 is 2.09 bits per heavy atom. The number of carbonyl (C=O) groups is 1. The number of amides is 1. The number of benzene rings is 1. The van der Waals surface area contributed by atoms with E-state index in [1.165, 1.54) is 12.3 Å². The maximum Gasteiger partial charge on any atom is 0.430 e. The van der Waals surface area contributed by atoms with Crippen LogP contribution >= 0.6 is 0 Å². The second-order valence-electron chi connectivity index (χ2n) is 7.93. The van der Waals surface area contributed by atoms with Gasteiger partial charge in [0.25, 0.3) is 5.60 Å². The van der Waals surface area contributed by atoms with Crippen LogP contribution in [0.4, 0.5) is 32.0 Å². The Kier molecular flexibility index (Phi) is 6.55. The molecule has 0 spiro atoms. The lowest BCUT2D eigenvalue weighted by molar-refractivity contribution is -0.376. The number of anilines is 1. The van der Waals surface area contributed by atoms with Crippen molar-refractivity contribution in [2.45, 2.75) is 42.2 Å². The van der Waals surface area contributed by atoms with Gasteiger partial charge in [-0.25, -0.2) is 4.98 Å². The van der Waals surface area contributed by atoms with Gasteiger partial charge in [-0.15, -0.1) is 0 Å². The van der Waals surface area contributed by atoms with Gasteiger partial charge < -0.3 is 10.4 Å². The van der Waals surface area contributed by atoms with Gasteiger partial charge in [0.2, 0.25) is 5.91 Å². The van der Waals surface area contributed by atoms with E-state index in [-0.39, 0.29) is 12.1 Å². The van der Waals surface area contributed by atoms with Crippen molar-refractivity contribution in [2.75, 3.05) is 11.1 Å². The van der Waals surface area contributed by atoms with Crippen LogP contribution in [0.15, 0.2) is 47.6 Å². The Labute approximate surface area is 185 Å². The molecule has 5 nitrogen and oxygen atoms in total. The van der Waals surface area contributed by atoms with Gasteiger partial charge in [-0.3, -0.25) is 9.00 Å². The number of alkyl halides is 6. The maximum absolute atomic E-state index is 12.9. The van der Waals surface area contributed by atoms with Crippen LogP contribution in [-0.2, 0) is 26.3 Å². The summed E-state index contributed by atoms with van der Waals surface area (Å²) in [5, 5.41) is 12.1. The summed E-state index contributed by atoms with van der Waals surface area (Å²) in [5.74, 6) is 3.98. The summed E-state index contributed by atoms with van der Waals surface area (Å²) in [6, 6.07) is 5.61. The molecule has 1 aromatic heterocycles. The Balaban J connectivity index is 1.66. The van der Waals surface area contributed by atoms with E-state index in [1.807, 2.05) is 0 Å². The zero-order valence-corrected chi connectivity index (χ0v) is 17.9. The number of hydrogen-bond acceptors (Lipinski definition) is 4. The number of nitrogens with one attached hydrogen (secondary N) is 1. The number of aromatic nitrogens is 1.